The first-order valence-electron chi connectivity index (χ1n) is 8.59. The maximum Gasteiger partial charge on any atom is 0.524 e. The summed E-state index contributed by atoms with van der Waals surface area (Å²) in [5.41, 5.74) is 1.16. The van der Waals surface area contributed by atoms with Crippen molar-refractivity contribution in [2.24, 2.45) is 0 Å². The first-order valence-corrected chi connectivity index (χ1v) is 10.1. The summed E-state index contributed by atoms with van der Waals surface area (Å²) in [6.45, 7) is 1.61. The molecular formula is C20H23O9P. The average Bonchev–Trinajstić information content (AvgIpc) is 2.70. The van der Waals surface area contributed by atoms with E-state index in [1.807, 2.05) is 0 Å². The minimum Gasteiger partial charge on any atom is -0.493 e. The molecular weight excluding hydrogens is 415 g/mol. The molecule has 9 nitrogen and oxygen atoms in total. The van der Waals surface area contributed by atoms with E-state index in [9.17, 15) is 9.36 Å². The van der Waals surface area contributed by atoms with Crippen LogP contribution in [0.15, 0.2) is 35.9 Å². The van der Waals surface area contributed by atoms with Crippen LogP contribution >= 0.6 is 7.82 Å². The molecule has 0 heterocycles. The van der Waals surface area contributed by atoms with Crippen molar-refractivity contribution < 1.29 is 42.6 Å². The molecule has 0 fully saturated rings. The predicted octanol–water partition coefficient (Wildman–Crippen LogP) is 3.48. The fraction of sp³-hybridized carbons (Fsp3) is 0.250. The SMILES string of the molecule is COc1ccc(C=C(C)C(=O)c2cc(OC)c(OC)c(OC)c2)cc1OP(=O)(O)O. The van der Waals surface area contributed by atoms with Gasteiger partial charge >= 0.3 is 7.82 Å². The smallest absolute Gasteiger partial charge is 0.493 e. The number of Topliss-reactive ketones (excluding diaryl/α,β-unsaturated/α-hetero) is 1. The molecule has 2 N–H and O–H groups in total. The van der Waals surface area contributed by atoms with Crippen LogP contribution in [0.4, 0.5) is 0 Å². The van der Waals surface area contributed by atoms with Gasteiger partial charge < -0.3 is 23.5 Å². The Kier molecular flexibility index (Phi) is 7.50. The second kappa shape index (κ2) is 9.67. The molecule has 0 aliphatic carbocycles. The Balaban J connectivity index is 2.43. The van der Waals surface area contributed by atoms with Gasteiger partial charge in [0.25, 0.3) is 0 Å². The fourth-order valence-electron chi connectivity index (χ4n) is 2.74. The van der Waals surface area contributed by atoms with E-state index >= 15 is 0 Å². The highest BCUT2D eigenvalue weighted by Crippen LogP contribution is 2.42. The Labute approximate surface area is 174 Å². The molecule has 0 atom stereocenters. The molecule has 2 aromatic carbocycles. The molecule has 0 aliphatic heterocycles. The number of ether oxygens (including phenoxy) is 4. The summed E-state index contributed by atoms with van der Waals surface area (Å²) in [7, 11) is 0.933. The molecule has 0 saturated heterocycles. The lowest BCUT2D eigenvalue weighted by Crippen LogP contribution is -2.04. The monoisotopic (exact) mass is 438 g/mol. The zero-order valence-electron chi connectivity index (χ0n) is 17.2. The second-order valence-corrected chi connectivity index (χ2v) is 7.23. The number of carbonyl (C=O) groups is 1. The Morgan fingerprint density at radius 3 is 1.90 bits per heavy atom. The number of rotatable bonds is 9. The zero-order chi connectivity index (χ0) is 22.5. The highest BCUT2D eigenvalue weighted by molar-refractivity contribution is 7.46. The van der Waals surface area contributed by atoms with Crippen LogP contribution in [0.5, 0.6) is 28.7 Å². The second-order valence-electron chi connectivity index (χ2n) is 6.06. The molecule has 0 aliphatic rings. The van der Waals surface area contributed by atoms with Gasteiger partial charge in [0.15, 0.2) is 28.8 Å². The zero-order valence-corrected chi connectivity index (χ0v) is 18.1. The van der Waals surface area contributed by atoms with E-state index in [2.05, 4.69) is 4.52 Å². The lowest BCUT2D eigenvalue weighted by atomic mass is 10.0. The van der Waals surface area contributed by atoms with Crippen LogP contribution in [0.3, 0.4) is 0 Å². The van der Waals surface area contributed by atoms with Crippen LogP contribution in [0, 0.1) is 0 Å². The summed E-state index contributed by atoms with van der Waals surface area (Å²) < 4.78 is 36.7. The van der Waals surface area contributed by atoms with Gasteiger partial charge in [-0.05, 0) is 48.4 Å². The molecule has 162 valence electrons. The number of methoxy groups -OCH3 is 4. The summed E-state index contributed by atoms with van der Waals surface area (Å²) in [5, 5.41) is 0. The average molecular weight is 438 g/mol. The van der Waals surface area contributed by atoms with Crippen molar-refractivity contribution in [2.45, 2.75) is 6.92 Å². The number of carbonyl (C=O) groups excluding carboxylic acids is 1. The molecule has 2 aromatic rings. The maximum absolute atomic E-state index is 12.9. The van der Waals surface area contributed by atoms with Crippen molar-refractivity contribution in [3.63, 3.8) is 0 Å². The van der Waals surface area contributed by atoms with E-state index in [1.54, 1.807) is 19.1 Å². The largest absolute Gasteiger partial charge is 0.524 e. The van der Waals surface area contributed by atoms with E-state index in [0.717, 1.165) is 0 Å². The number of phosphoric acid groups is 1. The summed E-state index contributed by atoms with van der Waals surface area (Å²) in [6.07, 6.45) is 1.55. The minimum atomic E-state index is -4.78. The highest BCUT2D eigenvalue weighted by Gasteiger charge is 2.20. The van der Waals surface area contributed by atoms with Crippen molar-refractivity contribution >= 4 is 19.7 Å². The Bertz CT molecular complexity index is 982. The molecule has 0 amide bonds. The van der Waals surface area contributed by atoms with Crippen molar-refractivity contribution in [2.75, 3.05) is 28.4 Å². The molecule has 30 heavy (non-hydrogen) atoms. The Hall–Kier alpha value is -3.00. The third-order valence-corrected chi connectivity index (χ3v) is 4.51. The van der Waals surface area contributed by atoms with E-state index in [-0.39, 0.29) is 17.3 Å². The van der Waals surface area contributed by atoms with Crippen LogP contribution in [0.25, 0.3) is 6.08 Å². The lowest BCUT2D eigenvalue weighted by Gasteiger charge is -2.14. The quantitative estimate of drug-likeness (QED) is 0.344. The number of benzene rings is 2. The van der Waals surface area contributed by atoms with Gasteiger partial charge in [-0.1, -0.05) is 6.07 Å². The number of ketones is 1. The number of phosphoric ester groups is 1. The standard InChI is InChI=1S/C20H23O9P/c1-12(8-13-6-7-15(25-2)16(9-13)29-30(22,23)24)19(21)14-10-17(26-3)20(28-5)18(11-14)27-4/h6-11H,1-5H3,(H2,22,23,24). The molecule has 0 aromatic heterocycles. The predicted molar refractivity (Wildman–Crippen MR) is 110 cm³/mol. The van der Waals surface area contributed by atoms with Gasteiger partial charge in [-0.15, -0.1) is 0 Å². The van der Waals surface area contributed by atoms with Crippen molar-refractivity contribution in [1.29, 1.82) is 0 Å². The Morgan fingerprint density at radius 1 is 0.867 bits per heavy atom. The van der Waals surface area contributed by atoms with Crippen LogP contribution < -0.4 is 23.5 Å². The van der Waals surface area contributed by atoms with Crippen LogP contribution in [0.1, 0.15) is 22.8 Å². The van der Waals surface area contributed by atoms with Gasteiger partial charge in [0.2, 0.25) is 5.75 Å². The van der Waals surface area contributed by atoms with Gasteiger partial charge in [0, 0.05) is 5.56 Å². The molecule has 0 saturated carbocycles. The van der Waals surface area contributed by atoms with Gasteiger partial charge in [0.05, 0.1) is 28.4 Å². The lowest BCUT2D eigenvalue weighted by molar-refractivity contribution is 0.103. The summed E-state index contributed by atoms with van der Waals surface area (Å²) in [5.74, 6) is 0.747. The van der Waals surface area contributed by atoms with E-state index in [1.165, 1.54) is 52.7 Å². The van der Waals surface area contributed by atoms with Gasteiger partial charge in [-0.25, -0.2) is 4.57 Å². The van der Waals surface area contributed by atoms with Crippen molar-refractivity contribution in [1.82, 2.24) is 0 Å². The van der Waals surface area contributed by atoms with Gasteiger partial charge in [0.1, 0.15) is 0 Å². The maximum atomic E-state index is 12.9. The van der Waals surface area contributed by atoms with Crippen molar-refractivity contribution in [3.05, 3.63) is 47.0 Å². The highest BCUT2D eigenvalue weighted by atomic mass is 31.2. The third-order valence-electron chi connectivity index (χ3n) is 4.07. The molecule has 2 rings (SSSR count). The molecule has 10 heteroatoms. The molecule has 0 unspecified atom stereocenters. The van der Waals surface area contributed by atoms with Gasteiger partial charge in [-0.2, -0.15) is 0 Å². The minimum absolute atomic E-state index is 0.143. The van der Waals surface area contributed by atoms with E-state index < -0.39 is 7.82 Å². The van der Waals surface area contributed by atoms with Crippen molar-refractivity contribution in [3.8, 4) is 28.7 Å². The van der Waals surface area contributed by atoms with Crippen LogP contribution in [-0.2, 0) is 4.57 Å². The number of hydrogen-bond acceptors (Lipinski definition) is 7. The van der Waals surface area contributed by atoms with Crippen LogP contribution in [-0.4, -0.2) is 44.0 Å². The van der Waals surface area contributed by atoms with Crippen LogP contribution in [0.2, 0.25) is 0 Å². The van der Waals surface area contributed by atoms with Gasteiger partial charge in [-0.3, -0.25) is 14.6 Å². The first-order chi connectivity index (χ1) is 14.1. The molecule has 0 bridgehead atoms. The third kappa shape index (κ3) is 5.54. The van der Waals surface area contributed by atoms with E-state index in [0.29, 0.717) is 33.9 Å². The summed E-state index contributed by atoms with van der Waals surface area (Å²) in [4.78, 5) is 31.1. The number of hydrogen-bond donors (Lipinski definition) is 2. The normalized spacial score (nSPS) is 11.6. The van der Waals surface area contributed by atoms with E-state index in [4.69, 9.17) is 28.7 Å². The fourth-order valence-corrected chi connectivity index (χ4v) is 3.14. The first kappa shape index (κ1) is 23.3. The summed E-state index contributed by atoms with van der Waals surface area (Å²) in [6, 6.07) is 7.55. The molecule has 0 spiro atoms. The Morgan fingerprint density at radius 2 is 1.43 bits per heavy atom. The topological polar surface area (TPSA) is 121 Å². The molecule has 0 radical (unpaired) electrons. The number of allylic oxidation sites excluding steroid dienone is 1. The summed E-state index contributed by atoms with van der Waals surface area (Å²) >= 11 is 0.